The monoisotopic (exact) mass is 470 g/mol. The second-order valence-electron chi connectivity index (χ2n) is 8.23. The van der Waals surface area contributed by atoms with Gasteiger partial charge in [-0.3, -0.25) is 24.7 Å². The molecule has 0 aromatic heterocycles. The summed E-state index contributed by atoms with van der Waals surface area (Å²) in [5.74, 6) is -0.695. The molecule has 35 heavy (non-hydrogen) atoms. The minimum absolute atomic E-state index is 0.0736. The Labute approximate surface area is 199 Å². The number of anilines is 2. The van der Waals surface area contributed by atoms with Crippen LogP contribution in [0.15, 0.2) is 77.9 Å². The number of nitrogens with zero attached hydrogens (tertiary/aromatic N) is 4. The van der Waals surface area contributed by atoms with Gasteiger partial charge in [0.15, 0.2) is 11.5 Å². The van der Waals surface area contributed by atoms with Gasteiger partial charge in [-0.2, -0.15) is 5.10 Å². The number of carbonyl (C=O) groups is 2. The molecule has 0 aliphatic carbocycles. The highest BCUT2D eigenvalue weighted by molar-refractivity contribution is 6.34. The standard InChI is InChI=1S/C25H18N4O6/c30-24-21-22(15-6-8-17(9-7-15)29(32)33)26-28(16-4-2-1-3-5-16)23(21)25(31)27(24)18-10-11-19-20(14-18)35-13-12-34-19/h1-11,14,21,23H,12-13H2/t21-,23+/m0/s1. The maximum Gasteiger partial charge on any atom is 0.269 e. The first-order chi connectivity index (χ1) is 17.0. The summed E-state index contributed by atoms with van der Waals surface area (Å²) in [4.78, 5) is 39.2. The fourth-order valence-corrected chi connectivity index (χ4v) is 4.63. The SMILES string of the molecule is O=C1[C@H]2C(c3ccc([N+](=O)[O-])cc3)=NN(c3ccccc3)[C@H]2C(=O)N1c1ccc2c(c1)OCCO2. The Hall–Kier alpha value is -4.73. The van der Waals surface area contributed by atoms with Crippen molar-refractivity contribution in [1.29, 1.82) is 0 Å². The van der Waals surface area contributed by atoms with Gasteiger partial charge in [0.25, 0.3) is 11.6 Å². The van der Waals surface area contributed by atoms with Crippen LogP contribution in [0.25, 0.3) is 0 Å². The van der Waals surface area contributed by atoms with Crippen LogP contribution < -0.4 is 19.4 Å². The topological polar surface area (TPSA) is 115 Å². The molecule has 3 aromatic rings. The second kappa shape index (κ2) is 7.94. The number of nitro groups is 1. The third kappa shape index (κ3) is 3.30. The number of hydrazone groups is 1. The summed E-state index contributed by atoms with van der Waals surface area (Å²) in [6.07, 6.45) is 0. The van der Waals surface area contributed by atoms with Gasteiger partial charge in [0.2, 0.25) is 5.91 Å². The van der Waals surface area contributed by atoms with E-state index < -0.39 is 28.7 Å². The molecule has 0 unspecified atom stereocenters. The van der Waals surface area contributed by atoms with Crippen LogP contribution in [0.2, 0.25) is 0 Å². The van der Waals surface area contributed by atoms with Crippen molar-refractivity contribution in [2.45, 2.75) is 6.04 Å². The predicted octanol–water partition coefficient (Wildman–Crippen LogP) is 3.15. The maximum absolute atomic E-state index is 13.7. The van der Waals surface area contributed by atoms with Crippen LogP contribution in [0.1, 0.15) is 5.56 Å². The third-order valence-corrected chi connectivity index (χ3v) is 6.23. The zero-order valence-electron chi connectivity index (χ0n) is 18.2. The van der Waals surface area contributed by atoms with Gasteiger partial charge in [-0.1, -0.05) is 18.2 Å². The summed E-state index contributed by atoms with van der Waals surface area (Å²) in [7, 11) is 0. The van der Waals surface area contributed by atoms with E-state index in [1.54, 1.807) is 35.3 Å². The van der Waals surface area contributed by atoms with Crippen molar-refractivity contribution in [2.75, 3.05) is 23.1 Å². The molecule has 1 fully saturated rings. The van der Waals surface area contributed by atoms with Gasteiger partial charge < -0.3 is 9.47 Å². The van der Waals surface area contributed by atoms with Crippen LogP contribution in [0.3, 0.4) is 0 Å². The first-order valence-corrected chi connectivity index (χ1v) is 11.0. The number of carbonyl (C=O) groups excluding carboxylic acids is 2. The highest BCUT2D eigenvalue weighted by Crippen LogP contribution is 2.41. The van der Waals surface area contributed by atoms with Crippen molar-refractivity contribution in [3.63, 3.8) is 0 Å². The molecule has 10 heteroatoms. The lowest BCUT2D eigenvalue weighted by Gasteiger charge is -2.23. The summed E-state index contributed by atoms with van der Waals surface area (Å²) < 4.78 is 11.2. The van der Waals surface area contributed by atoms with Crippen LogP contribution in [-0.2, 0) is 9.59 Å². The zero-order valence-corrected chi connectivity index (χ0v) is 18.2. The second-order valence-corrected chi connectivity index (χ2v) is 8.23. The van der Waals surface area contributed by atoms with Crippen LogP contribution in [0.5, 0.6) is 11.5 Å². The number of hydrogen-bond acceptors (Lipinski definition) is 8. The molecular formula is C25H18N4O6. The Morgan fingerprint density at radius 2 is 1.57 bits per heavy atom. The first-order valence-electron chi connectivity index (χ1n) is 11.0. The Morgan fingerprint density at radius 3 is 2.29 bits per heavy atom. The molecule has 3 aromatic carbocycles. The quantitative estimate of drug-likeness (QED) is 0.327. The molecule has 174 valence electrons. The lowest BCUT2D eigenvalue weighted by Crippen LogP contribution is -2.39. The molecule has 1 saturated heterocycles. The first kappa shape index (κ1) is 20.8. The molecule has 10 nitrogen and oxygen atoms in total. The molecular weight excluding hydrogens is 452 g/mol. The lowest BCUT2D eigenvalue weighted by molar-refractivity contribution is -0.384. The molecule has 2 atom stereocenters. The van der Waals surface area contributed by atoms with Crippen LogP contribution in [0.4, 0.5) is 17.1 Å². The highest BCUT2D eigenvalue weighted by atomic mass is 16.6. The normalized spacial score (nSPS) is 20.6. The highest BCUT2D eigenvalue weighted by Gasteiger charge is 2.57. The summed E-state index contributed by atoms with van der Waals surface area (Å²) in [5.41, 5.74) is 1.89. The van der Waals surface area contributed by atoms with Crippen LogP contribution in [-0.4, -0.2) is 41.7 Å². The number of hydrogen-bond donors (Lipinski definition) is 0. The van der Waals surface area contributed by atoms with Crippen molar-refractivity contribution in [3.8, 4) is 11.5 Å². The molecule has 0 N–H and O–H groups in total. The van der Waals surface area contributed by atoms with E-state index in [1.165, 1.54) is 12.1 Å². The predicted molar refractivity (Wildman–Crippen MR) is 126 cm³/mol. The van der Waals surface area contributed by atoms with Crippen molar-refractivity contribution >= 4 is 34.6 Å². The molecule has 3 aliphatic rings. The average molecular weight is 470 g/mol. The molecule has 3 heterocycles. The Kier molecular flexibility index (Phi) is 4.73. The number of nitro benzene ring substituents is 1. The summed E-state index contributed by atoms with van der Waals surface area (Å²) >= 11 is 0. The Balaban J connectivity index is 1.43. The van der Waals surface area contributed by atoms with E-state index >= 15 is 0 Å². The molecule has 0 bridgehead atoms. The zero-order chi connectivity index (χ0) is 24.1. The number of fused-ring (bicyclic) bond motifs is 2. The minimum Gasteiger partial charge on any atom is -0.486 e. The molecule has 6 rings (SSSR count). The van der Waals surface area contributed by atoms with E-state index in [0.29, 0.717) is 47.4 Å². The minimum atomic E-state index is -0.886. The molecule has 0 spiro atoms. The number of amides is 2. The van der Waals surface area contributed by atoms with Gasteiger partial charge in [-0.05, 0) is 42.0 Å². The fourth-order valence-electron chi connectivity index (χ4n) is 4.63. The lowest BCUT2D eigenvalue weighted by atomic mass is 9.92. The molecule has 3 aliphatic heterocycles. The largest absolute Gasteiger partial charge is 0.486 e. The van der Waals surface area contributed by atoms with Crippen molar-refractivity contribution in [3.05, 3.63) is 88.5 Å². The van der Waals surface area contributed by atoms with E-state index in [4.69, 9.17) is 9.47 Å². The van der Waals surface area contributed by atoms with Gasteiger partial charge in [-0.15, -0.1) is 0 Å². The van der Waals surface area contributed by atoms with Crippen LogP contribution in [0, 0.1) is 16.0 Å². The van der Waals surface area contributed by atoms with Gasteiger partial charge in [0.1, 0.15) is 25.2 Å². The number of ether oxygens (including phenoxy) is 2. The van der Waals surface area contributed by atoms with Gasteiger partial charge in [0.05, 0.1) is 22.0 Å². The van der Waals surface area contributed by atoms with Crippen molar-refractivity contribution in [2.24, 2.45) is 11.0 Å². The molecule has 0 saturated carbocycles. The van der Waals surface area contributed by atoms with Crippen LogP contribution >= 0.6 is 0 Å². The van der Waals surface area contributed by atoms with E-state index in [9.17, 15) is 19.7 Å². The fraction of sp³-hybridized carbons (Fsp3) is 0.160. The smallest absolute Gasteiger partial charge is 0.269 e. The Bertz CT molecular complexity index is 1390. The summed E-state index contributed by atoms with van der Waals surface area (Å²) in [6.45, 7) is 0.807. The van der Waals surface area contributed by atoms with Crippen molar-refractivity contribution in [1.82, 2.24) is 0 Å². The number of rotatable bonds is 4. The van der Waals surface area contributed by atoms with E-state index in [0.717, 1.165) is 4.90 Å². The summed E-state index contributed by atoms with van der Waals surface area (Å²) in [6, 6.07) is 19.0. The number of imide groups is 1. The van der Waals surface area contributed by atoms with E-state index in [2.05, 4.69) is 5.10 Å². The Morgan fingerprint density at radius 1 is 0.857 bits per heavy atom. The van der Waals surface area contributed by atoms with Gasteiger partial charge >= 0.3 is 0 Å². The molecule has 2 amide bonds. The van der Waals surface area contributed by atoms with Gasteiger partial charge in [-0.25, -0.2) is 4.90 Å². The van der Waals surface area contributed by atoms with E-state index in [1.807, 2.05) is 30.3 Å². The van der Waals surface area contributed by atoms with Crippen molar-refractivity contribution < 1.29 is 24.0 Å². The molecule has 0 radical (unpaired) electrons. The number of benzene rings is 3. The average Bonchev–Trinajstić information content (AvgIpc) is 3.41. The number of non-ortho nitro benzene ring substituents is 1. The van der Waals surface area contributed by atoms with E-state index in [-0.39, 0.29) is 5.69 Å². The van der Waals surface area contributed by atoms with Gasteiger partial charge in [0, 0.05) is 18.2 Å². The number of para-hydroxylation sites is 1. The maximum atomic E-state index is 13.7. The third-order valence-electron chi connectivity index (χ3n) is 6.23. The summed E-state index contributed by atoms with van der Waals surface area (Å²) in [5, 5.41) is 17.3.